The molecule has 0 radical (unpaired) electrons. The first-order valence-electron chi connectivity index (χ1n) is 40.2. The van der Waals surface area contributed by atoms with Crippen LogP contribution in [0, 0.1) is 23.7 Å². The first-order chi connectivity index (χ1) is 46.6. The predicted molar refractivity (Wildman–Crippen MR) is 395 cm³/mol. The zero-order valence-electron chi connectivity index (χ0n) is 63.7. The van der Waals surface area contributed by atoms with Crippen LogP contribution < -0.4 is 0 Å². The minimum absolute atomic E-state index is 0.105. The van der Waals surface area contributed by atoms with Crippen molar-refractivity contribution < 1.29 is 80.2 Å². The molecule has 0 aromatic heterocycles. The van der Waals surface area contributed by atoms with Crippen LogP contribution >= 0.6 is 15.6 Å². The number of carbonyl (C=O) groups is 4. The van der Waals surface area contributed by atoms with Crippen LogP contribution in [0.5, 0.6) is 0 Å². The third-order valence-electron chi connectivity index (χ3n) is 18.1. The number of unbranched alkanes of at least 4 members (excludes halogenated alkanes) is 41. The number of aliphatic hydroxyl groups excluding tert-OH is 1. The lowest BCUT2D eigenvalue weighted by atomic mass is 10.0. The van der Waals surface area contributed by atoms with Gasteiger partial charge in [-0.2, -0.15) is 0 Å². The molecule has 0 heterocycles. The van der Waals surface area contributed by atoms with E-state index in [1.807, 2.05) is 0 Å². The first kappa shape index (κ1) is 95.1. The van der Waals surface area contributed by atoms with E-state index < -0.39 is 97.5 Å². The summed E-state index contributed by atoms with van der Waals surface area (Å²) in [4.78, 5) is 72.9. The molecule has 0 bridgehead atoms. The molecule has 3 N–H and O–H groups in total. The van der Waals surface area contributed by atoms with Crippen LogP contribution in [0.3, 0.4) is 0 Å². The lowest BCUT2D eigenvalue weighted by Gasteiger charge is -2.21. The molecule has 3 unspecified atom stereocenters. The molecule has 0 saturated heterocycles. The van der Waals surface area contributed by atoms with E-state index in [0.29, 0.717) is 31.6 Å². The second-order valence-electron chi connectivity index (χ2n) is 30.0. The Labute approximate surface area is 594 Å². The number of ether oxygens (including phenoxy) is 4. The van der Waals surface area contributed by atoms with E-state index in [2.05, 4.69) is 55.4 Å². The molecule has 0 rings (SSSR count). The van der Waals surface area contributed by atoms with Crippen LogP contribution in [-0.4, -0.2) is 96.7 Å². The highest BCUT2D eigenvalue weighted by molar-refractivity contribution is 7.47. The van der Waals surface area contributed by atoms with Crippen molar-refractivity contribution in [2.45, 2.75) is 414 Å². The Balaban J connectivity index is 5.20. The topological polar surface area (TPSA) is 237 Å². The number of rotatable bonds is 75. The van der Waals surface area contributed by atoms with Crippen molar-refractivity contribution in [1.29, 1.82) is 0 Å². The SMILES string of the molecule is CC(C)CCCCCCCCCCCCCCCCCCC(=O)OC[C@H](COP(=O)(O)OCC(O)COP(=O)(O)OC[C@@H](COC(=O)CCCCCCCCCC(C)C)OC(=O)CCCCCCCCCCCCCCCC(C)C)OC(=O)CCCCCCCCCCCC(C)C. The van der Waals surface area contributed by atoms with Crippen LogP contribution in [0.15, 0.2) is 0 Å². The average Bonchev–Trinajstić information content (AvgIpc) is 1.26. The lowest BCUT2D eigenvalue weighted by molar-refractivity contribution is -0.161. The molecule has 19 heteroatoms. The van der Waals surface area contributed by atoms with Crippen LogP contribution in [0.4, 0.5) is 0 Å². The third kappa shape index (κ3) is 72.2. The molecule has 576 valence electrons. The normalized spacial score (nSPS) is 14.1. The molecule has 0 aliphatic rings. The molecule has 0 aromatic rings. The van der Waals surface area contributed by atoms with Crippen LogP contribution in [0.2, 0.25) is 0 Å². The summed E-state index contributed by atoms with van der Waals surface area (Å²) >= 11 is 0. The molecule has 0 fully saturated rings. The Bertz CT molecular complexity index is 1900. The summed E-state index contributed by atoms with van der Waals surface area (Å²) in [6, 6.07) is 0. The Morgan fingerprint density at radius 2 is 0.433 bits per heavy atom. The standard InChI is InChI=1S/C78H152O17P2/c1-68(2)54-46-38-30-23-18-14-11-9-10-12-16-20-26-34-42-50-58-75(80)88-64-73(95-78(83)61-53-45-36-28-22-25-32-40-48-56-70(5)6)66-92-96(84,85)90-62-72(79)63-91-97(86,87)93-67-74(65-89-76(81)59-51-43-37-29-33-41-49-57-71(7)8)94-77(82)60-52-44-35-27-21-17-13-15-19-24-31-39-47-55-69(3)4/h68-74,79H,9-67H2,1-8H3,(H,84,85)(H,86,87)/t72?,73-,74-/m1/s1. The second kappa shape index (κ2) is 67.2. The molecule has 0 spiro atoms. The number of phosphoric acid groups is 2. The van der Waals surface area contributed by atoms with Crippen molar-refractivity contribution in [2.24, 2.45) is 23.7 Å². The van der Waals surface area contributed by atoms with E-state index >= 15 is 0 Å². The van der Waals surface area contributed by atoms with Gasteiger partial charge in [0.2, 0.25) is 0 Å². The second-order valence-corrected chi connectivity index (χ2v) is 32.9. The number of phosphoric ester groups is 2. The van der Waals surface area contributed by atoms with Gasteiger partial charge >= 0.3 is 39.5 Å². The minimum atomic E-state index is -4.96. The van der Waals surface area contributed by atoms with Crippen LogP contribution in [0.1, 0.15) is 396 Å². The van der Waals surface area contributed by atoms with E-state index in [9.17, 15) is 43.2 Å². The van der Waals surface area contributed by atoms with Gasteiger partial charge in [0.1, 0.15) is 19.3 Å². The predicted octanol–water partition coefficient (Wildman–Crippen LogP) is 22.8. The summed E-state index contributed by atoms with van der Waals surface area (Å²) in [6.45, 7) is 14.2. The summed E-state index contributed by atoms with van der Waals surface area (Å²) in [5.41, 5.74) is 0. The van der Waals surface area contributed by atoms with Gasteiger partial charge in [-0.1, -0.05) is 344 Å². The zero-order valence-corrected chi connectivity index (χ0v) is 65.5. The Hall–Kier alpha value is -1.94. The smallest absolute Gasteiger partial charge is 0.462 e. The average molecular weight is 1420 g/mol. The van der Waals surface area contributed by atoms with Crippen molar-refractivity contribution in [2.75, 3.05) is 39.6 Å². The van der Waals surface area contributed by atoms with Gasteiger partial charge in [-0.05, 0) is 49.4 Å². The van der Waals surface area contributed by atoms with E-state index in [4.69, 9.17) is 37.0 Å². The zero-order chi connectivity index (χ0) is 71.7. The molecule has 5 atom stereocenters. The molecule has 0 aromatic carbocycles. The maximum atomic E-state index is 13.1. The van der Waals surface area contributed by atoms with E-state index in [-0.39, 0.29) is 25.7 Å². The summed E-state index contributed by atoms with van der Waals surface area (Å²) < 4.78 is 68.6. The van der Waals surface area contributed by atoms with Gasteiger partial charge in [0.05, 0.1) is 26.4 Å². The van der Waals surface area contributed by atoms with Gasteiger partial charge in [-0.25, -0.2) is 9.13 Å². The highest BCUT2D eigenvalue weighted by Gasteiger charge is 2.30. The van der Waals surface area contributed by atoms with Crippen LogP contribution in [0.25, 0.3) is 0 Å². The summed E-state index contributed by atoms with van der Waals surface area (Å²) in [7, 11) is -9.92. The van der Waals surface area contributed by atoms with E-state index in [1.54, 1.807) is 0 Å². The fourth-order valence-corrected chi connectivity index (χ4v) is 13.5. The number of esters is 4. The highest BCUT2D eigenvalue weighted by atomic mass is 31.2. The van der Waals surface area contributed by atoms with Crippen molar-refractivity contribution in [3.63, 3.8) is 0 Å². The Morgan fingerprint density at radius 1 is 0.258 bits per heavy atom. The van der Waals surface area contributed by atoms with E-state index in [0.717, 1.165) is 114 Å². The van der Waals surface area contributed by atoms with Gasteiger partial charge in [-0.15, -0.1) is 0 Å². The molecular formula is C78H152O17P2. The lowest BCUT2D eigenvalue weighted by Crippen LogP contribution is -2.30. The fraction of sp³-hybridized carbons (Fsp3) is 0.949. The molecule has 0 saturated carbocycles. The first-order valence-corrected chi connectivity index (χ1v) is 43.2. The highest BCUT2D eigenvalue weighted by Crippen LogP contribution is 2.45. The summed E-state index contributed by atoms with van der Waals surface area (Å²) in [6.07, 6.45) is 52.9. The van der Waals surface area contributed by atoms with Gasteiger partial charge in [0.15, 0.2) is 12.2 Å². The number of hydrogen-bond donors (Lipinski definition) is 3. The molecule has 0 amide bonds. The molecule has 0 aliphatic heterocycles. The molecule has 17 nitrogen and oxygen atoms in total. The molecule has 0 aliphatic carbocycles. The number of carbonyl (C=O) groups excluding carboxylic acids is 4. The molecular weight excluding hydrogens is 1270 g/mol. The van der Waals surface area contributed by atoms with Gasteiger partial charge < -0.3 is 33.8 Å². The van der Waals surface area contributed by atoms with Crippen molar-refractivity contribution >= 4 is 39.5 Å². The third-order valence-corrected chi connectivity index (χ3v) is 20.0. The van der Waals surface area contributed by atoms with Crippen LogP contribution in [-0.2, 0) is 65.4 Å². The van der Waals surface area contributed by atoms with E-state index in [1.165, 1.54) is 193 Å². The monoisotopic (exact) mass is 1420 g/mol. The number of aliphatic hydroxyl groups is 1. The Kier molecular flexibility index (Phi) is 65.9. The van der Waals surface area contributed by atoms with Crippen molar-refractivity contribution in [1.82, 2.24) is 0 Å². The van der Waals surface area contributed by atoms with Gasteiger partial charge in [0.25, 0.3) is 0 Å². The Morgan fingerprint density at radius 3 is 0.639 bits per heavy atom. The van der Waals surface area contributed by atoms with Crippen molar-refractivity contribution in [3.8, 4) is 0 Å². The maximum Gasteiger partial charge on any atom is 0.472 e. The van der Waals surface area contributed by atoms with Crippen molar-refractivity contribution in [3.05, 3.63) is 0 Å². The molecule has 97 heavy (non-hydrogen) atoms. The van der Waals surface area contributed by atoms with Gasteiger partial charge in [-0.3, -0.25) is 37.3 Å². The van der Waals surface area contributed by atoms with Gasteiger partial charge in [0, 0.05) is 25.7 Å². The quantitative estimate of drug-likeness (QED) is 0.0222. The largest absolute Gasteiger partial charge is 0.472 e. The number of hydrogen-bond acceptors (Lipinski definition) is 15. The maximum absolute atomic E-state index is 13.1. The summed E-state index contributed by atoms with van der Waals surface area (Å²) in [5, 5.41) is 10.6. The summed E-state index contributed by atoms with van der Waals surface area (Å²) in [5.74, 6) is 0.921. The minimum Gasteiger partial charge on any atom is -0.462 e. The fourth-order valence-electron chi connectivity index (χ4n) is 11.9.